The third-order valence-corrected chi connectivity index (χ3v) is 4.21. The molecular weight excluding hydrogens is 362 g/mol. The first-order chi connectivity index (χ1) is 13.2. The number of carbonyl (C=O) groups excluding carboxylic acids is 1. The van der Waals surface area contributed by atoms with Crippen LogP contribution in [0, 0.1) is 0 Å². The molecule has 0 spiro atoms. The molecular formula is C20H14ClN5O. The molecule has 0 saturated heterocycles. The summed E-state index contributed by atoms with van der Waals surface area (Å²) in [4.78, 5) is 20.6. The van der Waals surface area contributed by atoms with Gasteiger partial charge in [0.15, 0.2) is 0 Å². The van der Waals surface area contributed by atoms with E-state index >= 15 is 0 Å². The smallest absolute Gasteiger partial charge is 0.254 e. The molecule has 6 nitrogen and oxygen atoms in total. The Hall–Kier alpha value is -3.51. The summed E-state index contributed by atoms with van der Waals surface area (Å²) >= 11 is 6.08. The number of nitrogens with one attached hydrogen (secondary N) is 1. The van der Waals surface area contributed by atoms with Crippen molar-refractivity contribution in [1.82, 2.24) is 19.6 Å². The average Bonchev–Trinajstić information content (AvgIpc) is 3.10. The van der Waals surface area contributed by atoms with Crippen LogP contribution in [-0.2, 0) is 4.79 Å². The van der Waals surface area contributed by atoms with Gasteiger partial charge in [-0.2, -0.15) is 9.50 Å². The number of fused-ring (bicyclic) bond motifs is 1. The van der Waals surface area contributed by atoms with Crippen LogP contribution in [0.4, 0.5) is 5.95 Å². The molecule has 1 amide bonds. The molecule has 2 aromatic heterocycles. The summed E-state index contributed by atoms with van der Waals surface area (Å²) in [6.45, 7) is 0. The van der Waals surface area contributed by atoms with Gasteiger partial charge in [0.2, 0.25) is 0 Å². The minimum atomic E-state index is -0.355. The number of hydrogen-bond donors (Lipinski definition) is 1. The Kier molecular flexibility index (Phi) is 4.63. The first-order valence-corrected chi connectivity index (χ1v) is 8.59. The van der Waals surface area contributed by atoms with Gasteiger partial charge < -0.3 is 0 Å². The second-order valence-corrected chi connectivity index (χ2v) is 6.09. The number of nitrogens with zero attached hydrogens (tertiary/aromatic N) is 4. The van der Waals surface area contributed by atoms with Crippen molar-refractivity contribution in [3.05, 3.63) is 83.5 Å². The van der Waals surface area contributed by atoms with Crippen LogP contribution in [0.2, 0.25) is 5.02 Å². The van der Waals surface area contributed by atoms with Gasteiger partial charge in [-0.25, -0.2) is 4.98 Å². The molecule has 0 aliphatic heterocycles. The average molecular weight is 376 g/mol. The molecule has 0 aliphatic rings. The highest BCUT2D eigenvalue weighted by Gasteiger charge is 2.11. The van der Waals surface area contributed by atoms with Crippen molar-refractivity contribution in [2.24, 2.45) is 0 Å². The normalized spacial score (nSPS) is 11.1. The number of hydrogen-bond acceptors (Lipinski definition) is 4. The van der Waals surface area contributed by atoms with Gasteiger partial charge in [-0.1, -0.05) is 60.1 Å². The third-order valence-electron chi connectivity index (χ3n) is 3.86. The zero-order valence-electron chi connectivity index (χ0n) is 14.1. The molecule has 0 fully saturated rings. The van der Waals surface area contributed by atoms with Gasteiger partial charge in [-0.3, -0.25) is 10.1 Å². The summed E-state index contributed by atoms with van der Waals surface area (Å²) < 4.78 is 1.60. The van der Waals surface area contributed by atoms with Crippen molar-refractivity contribution in [1.29, 1.82) is 0 Å². The van der Waals surface area contributed by atoms with Crippen molar-refractivity contribution in [2.45, 2.75) is 0 Å². The maximum atomic E-state index is 12.2. The van der Waals surface area contributed by atoms with E-state index in [0.29, 0.717) is 10.8 Å². The SMILES string of the molecule is O=C(/C=C/c1ccccc1Cl)Nc1nc2nccc(-c3ccccc3)n2n1. The van der Waals surface area contributed by atoms with Crippen LogP contribution in [0.1, 0.15) is 5.56 Å². The summed E-state index contributed by atoms with van der Waals surface area (Å²) in [7, 11) is 0. The number of benzene rings is 2. The van der Waals surface area contributed by atoms with Crippen LogP contribution in [0.3, 0.4) is 0 Å². The Morgan fingerprint density at radius 1 is 1.04 bits per heavy atom. The van der Waals surface area contributed by atoms with E-state index in [0.717, 1.165) is 16.8 Å². The van der Waals surface area contributed by atoms with E-state index in [9.17, 15) is 4.79 Å². The van der Waals surface area contributed by atoms with E-state index in [4.69, 9.17) is 11.6 Å². The molecule has 0 saturated carbocycles. The second-order valence-electron chi connectivity index (χ2n) is 5.69. The molecule has 0 radical (unpaired) electrons. The van der Waals surface area contributed by atoms with E-state index in [-0.39, 0.29) is 11.9 Å². The largest absolute Gasteiger partial charge is 0.290 e. The predicted molar refractivity (Wildman–Crippen MR) is 105 cm³/mol. The molecule has 7 heteroatoms. The highest BCUT2D eigenvalue weighted by molar-refractivity contribution is 6.32. The maximum absolute atomic E-state index is 12.2. The Labute approximate surface area is 160 Å². The van der Waals surface area contributed by atoms with Gasteiger partial charge >= 0.3 is 0 Å². The van der Waals surface area contributed by atoms with Crippen LogP contribution in [0.25, 0.3) is 23.1 Å². The van der Waals surface area contributed by atoms with Gasteiger partial charge in [0, 0.05) is 22.9 Å². The van der Waals surface area contributed by atoms with E-state index in [1.54, 1.807) is 22.9 Å². The van der Waals surface area contributed by atoms with E-state index in [1.807, 2.05) is 54.6 Å². The molecule has 0 aliphatic carbocycles. The molecule has 4 rings (SSSR count). The standard InChI is InChI=1S/C20H14ClN5O/c21-16-9-5-4-6-14(16)10-11-18(27)23-19-24-20-22-13-12-17(26(20)25-19)15-7-2-1-3-8-15/h1-13H,(H,23,25,27)/b11-10+. The number of aromatic nitrogens is 4. The minimum Gasteiger partial charge on any atom is -0.290 e. The number of anilines is 1. The molecule has 2 heterocycles. The van der Waals surface area contributed by atoms with Crippen LogP contribution in [-0.4, -0.2) is 25.5 Å². The first-order valence-electron chi connectivity index (χ1n) is 8.21. The number of amides is 1. The Morgan fingerprint density at radius 3 is 2.63 bits per heavy atom. The second kappa shape index (κ2) is 7.39. The quantitative estimate of drug-likeness (QED) is 0.545. The van der Waals surface area contributed by atoms with Crippen molar-refractivity contribution in [2.75, 3.05) is 5.32 Å². The van der Waals surface area contributed by atoms with Crippen LogP contribution >= 0.6 is 11.6 Å². The zero-order chi connectivity index (χ0) is 18.6. The minimum absolute atomic E-state index is 0.180. The van der Waals surface area contributed by atoms with Gasteiger partial charge in [0.25, 0.3) is 17.6 Å². The summed E-state index contributed by atoms with van der Waals surface area (Å²) in [5, 5.41) is 7.57. The highest BCUT2D eigenvalue weighted by atomic mass is 35.5. The third kappa shape index (κ3) is 3.70. The molecule has 132 valence electrons. The lowest BCUT2D eigenvalue weighted by atomic mass is 10.1. The van der Waals surface area contributed by atoms with Gasteiger partial charge in [0.1, 0.15) is 0 Å². The Bertz CT molecular complexity index is 1140. The fraction of sp³-hybridized carbons (Fsp3) is 0. The molecule has 0 unspecified atom stereocenters. The van der Waals surface area contributed by atoms with Gasteiger partial charge in [-0.15, -0.1) is 5.10 Å². The van der Waals surface area contributed by atoms with Crippen molar-refractivity contribution in [3.63, 3.8) is 0 Å². The summed E-state index contributed by atoms with van der Waals surface area (Å²) in [5.41, 5.74) is 2.57. The monoisotopic (exact) mass is 375 g/mol. The van der Waals surface area contributed by atoms with Crippen LogP contribution in [0.5, 0.6) is 0 Å². The van der Waals surface area contributed by atoms with Crippen molar-refractivity contribution in [3.8, 4) is 11.3 Å². The van der Waals surface area contributed by atoms with Crippen LogP contribution < -0.4 is 5.32 Å². The fourth-order valence-electron chi connectivity index (χ4n) is 2.60. The topological polar surface area (TPSA) is 72.2 Å². The van der Waals surface area contributed by atoms with E-state index < -0.39 is 0 Å². The molecule has 0 bridgehead atoms. The fourth-order valence-corrected chi connectivity index (χ4v) is 2.80. The summed E-state index contributed by atoms with van der Waals surface area (Å²) in [5.74, 6) is 0.230. The van der Waals surface area contributed by atoms with Crippen LogP contribution in [0.15, 0.2) is 72.9 Å². The van der Waals surface area contributed by atoms with Gasteiger partial charge in [0.05, 0.1) is 5.69 Å². The lowest BCUT2D eigenvalue weighted by Crippen LogP contribution is -2.09. The summed E-state index contributed by atoms with van der Waals surface area (Å²) in [6.07, 6.45) is 4.69. The van der Waals surface area contributed by atoms with Crippen molar-refractivity contribution >= 4 is 35.3 Å². The molecule has 1 N–H and O–H groups in total. The van der Waals surface area contributed by atoms with E-state index in [1.165, 1.54) is 6.08 Å². The molecule has 4 aromatic rings. The van der Waals surface area contributed by atoms with E-state index in [2.05, 4.69) is 20.4 Å². The molecule has 2 aromatic carbocycles. The first kappa shape index (κ1) is 16.9. The highest BCUT2D eigenvalue weighted by Crippen LogP contribution is 2.19. The molecule has 27 heavy (non-hydrogen) atoms. The number of carbonyl (C=O) groups is 1. The lowest BCUT2D eigenvalue weighted by molar-refractivity contribution is -0.111. The zero-order valence-corrected chi connectivity index (χ0v) is 14.8. The maximum Gasteiger partial charge on any atom is 0.254 e. The number of rotatable bonds is 4. The summed E-state index contributed by atoms with van der Waals surface area (Å²) in [6, 6.07) is 18.9. The predicted octanol–water partition coefficient (Wildman–Crippen LogP) is 4.10. The molecule has 0 atom stereocenters. The lowest BCUT2D eigenvalue weighted by Gasteiger charge is -2.02. The van der Waals surface area contributed by atoms with Crippen molar-refractivity contribution < 1.29 is 4.79 Å². The Balaban J connectivity index is 1.58. The number of halogens is 1. The Morgan fingerprint density at radius 2 is 1.81 bits per heavy atom. The van der Waals surface area contributed by atoms with Gasteiger partial charge in [-0.05, 0) is 23.8 Å².